The zero-order valence-electron chi connectivity index (χ0n) is 12.4. The Balaban J connectivity index is 3.10. The van der Waals surface area contributed by atoms with E-state index < -0.39 is 29.6 Å². The van der Waals surface area contributed by atoms with E-state index in [0.717, 1.165) is 11.0 Å². The molecule has 0 saturated heterocycles. The van der Waals surface area contributed by atoms with Gasteiger partial charge in [0, 0.05) is 24.5 Å². The van der Waals surface area contributed by atoms with Crippen molar-refractivity contribution in [1.82, 2.24) is 10.2 Å². The Morgan fingerprint density at radius 3 is 2.39 bits per heavy atom. The summed E-state index contributed by atoms with van der Waals surface area (Å²) in [6.07, 6.45) is 0. The molecule has 0 aliphatic heterocycles. The first-order chi connectivity index (χ1) is 10.6. The molecular formula is C14H15BrF2N2O4. The van der Waals surface area contributed by atoms with Crippen LogP contribution in [0, 0.1) is 11.6 Å². The molecule has 1 rings (SSSR count). The highest BCUT2D eigenvalue weighted by molar-refractivity contribution is 9.10. The van der Waals surface area contributed by atoms with Gasteiger partial charge in [0.05, 0.1) is 5.56 Å². The Labute approximate surface area is 139 Å². The molecule has 0 spiro atoms. The summed E-state index contributed by atoms with van der Waals surface area (Å²) in [5, 5.41) is 11.5. The number of amides is 2. The summed E-state index contributed by atoms with van der Waals surface area (Å²) in [5.74, 6) is -4.75. The predicted molar refractivity (Wildman–Crippen MR) is 80.9 cm³/mol. The maximum atomic E-state index is 13.4. The van der Waals surface area contributed by atoms with Crippen molar-refractivity contribution in [1.29, 1.82) is 0 Å². The molecule has 0 radical (unpaired) electrons. The highest BCUT2D eigenvalue weighted by atomic mass is 79.9. The van der Waals surface area contributed by atoms with Crippen molar-refractivity contribution in [3.05, 3.63) is 33.8 Å². The average molecular weight is 393 g/mol. The lowest BCUT2D eigenvalue weighted by molar-refractivity contribution is -0.141. The smallest absolute Gasteiger partial charge is 0.326 e. The average Bonchev–Trinajstić information content (AvgIpc) is 2.45. The molecule has 1 atom stereocenters. The van der Waals surface area contributed by atoms with Crippen molar-refractivity contribution in [2.45, 2.75) is 19.9 Å². The number of hydrogen-bond acceptors (Lipinski definition) is 3. The van der Waals surface area contributed by atoms with Gasteiger partial charge in [-0.25, -0.2) is 13.6 Å². The quantitative estimate of drug-likeness (QED) is 0.722. The van der Waals surface area contributed by atoms with Crippen LogP contribution in [-0.4, -0.2) is 46.9 Å². The van der Waals surface area contributed by atoms with E-state index in [0.29, 0.717) is 6.07 Å². The van der Waals surface area contributed by atoms with Crippen LogP contribution in [0.25, 0.3) is 0 Å². The second kappa shape index (κ2) is 8.00. The van der Waals surface area contributed by atoms with Crippen LogP contribution in [0.2, 0.25) is 0 Å². The van der Waals surface area contributed by atoms with E-state index in [-0.39, 0.29) is 29.0 Å². The van der Waals surface area contributed by atoms with E-state index in [4.69, 9.17) is 5.11 Å². The predicted octanol–water partition coefficient (Wildman–Crippen LogP) is 1.78. The molecule has 9 heteroatoms. The van der Waals surface area contributed by atoms with Gasteiger partial charge in [-0.05, 0) is 35.0 Å². The third-order valence-electron chi connectivity index (χ3n) is 3.05. The van der Waals surface area contributed by atoms with Crippen molar-refractivity contribution in [3.8, 4) is 0 Å². The Morgan fingerprint density at radius 1 is 1.30 bits per heavy atom. The number of benzene rings is 1. The topological polar surface area (TPSA) is 86.7 Å². The van der Waals surface area contributed by atoms with Crippen molar-refractivity contribution >= 4 is 33.7 Å². The fourth-order valence-corrected chi connectivity index (χ4v) is 2.28. The molecule has 0 aliphatic carbocycles. The molecule has 0 fully saturated rings. The van der Waals surface area contributed by atoms with Crippen LogP contribution >= 0.6 is 15.9 Å². The molecule has 0 aliphatic rings. The van der Waals surface area contributed by atoms with Crippen LogP contribution < -0.4 is 5.32 Å². The van der Waals surface area contributed by atoms with Crippen molar-refractivity contribution < 1.29 is 28.3 Å². The SMILES string of the molecule is CC(=O)NCCN(C(=O)c1cc(F)c(F)cc1Br)C(C)C(=O)O. The Kier molecular flexibility index (Phi) is 6.62. The maximum absolute atomic E-state index is 13.4. The summed E-state index contributed by atoms with van der Waals surface area (Å²) in [4.78, 5) is 35.5. The summed E-state index contributed by atoms with van der Waals surface area (Å²) in [6.45, 7) is 2.48. The van der Waals surface area contributed by atoms with Gasteiger partial charge in [0.2, 0.25) is 5.91 Å². The Morgan fingerprint density at radius 2 is 1.87 bits per heavy atom. The minimum atomic E-state index is -1.26. The van der Waals surface area contributed by atoms with E-state index in [1.807, 2.05) is 0 Å². The second-order valence-electron chi connectivity index (χ2n) is 4.74. The Hall–Kier alpha value is -2.03. The molecule has 0 saturated carbocycles. The third-order valence-corrected chi connectivity index (χ3v) is 3.71. The first kappa shape index (κ1) is 19.0. The van der Waals surface area contributed by atoms with E-state index >= 15 is 0 Å². The first-order valence-electron chi connectivity index (χ1n) is 6.58. The monoisotopic (exact) mass is 392 g/mol. The Bertz CT molecular complexity index is 639. The number of aliphatic carboxylic acids is 1. The van der Waals surface area contributed by atoms with Crippen LogP contribution in [-0.2, 0) is 9.59 Å². The third kappa shape index (κ3) is 4.98. The van der Waals surface area contributed by atoms with Gasteiger partial charge in [-0.1, -0.05) is 0 Å². The molecule has 0 aromatic heterocycles. The number of carboxylic acid groups (broad SMARTS) is 1. The summed E-state index contributed by atoms with van der Waals surface area (Å²) in [6, 6.07) is 0.276. The fraction of sp³-hybridized carbons (Fsp3) is 0.357. The van der Waals surface area contributed by atoms with Gasteiger partial charge in [0.25, 0.3) is 5.91 Å². The van der Waals surface area contributed by atoms with E-state index in [1.54, 1.807) is 0 Å². The molecule has 1 aromatic carbocycles. The second-order valence-corrected chi connectivity index (χ2v) is 5.60. The number of carboxylic acids is 1. The number of hydrogen-bond donors (Lipinski definition) is 2. The van der Waals surface area contributed by atoms with Crippen molar-refractivity contribution in [2.75, 3.05) is 13.1 Å². The van der Waals surface area contributed by atoms with E-state index in [9.17, 15) is 23.2 Å². The number of carbonyl (C=O) groups is 3. The van der Waals surface area contributed by atoms with Gasteiger partial charge < -0.3 is 15.3 Å². The molecule has 0 bridgehead atoms. The van der Waals surface area contributed by atoms with E-state index in [1.165, 1.54) is 13.8 Å². The highest BCUT2D eigenvalue weighted by Crippen LogP contribution is 2.23. The van der Waals surface area contributed by atoms with Crippen molar-refractivity contribution in [3.63, 3.8) is 0 Å². The normalized spacial score (nSPS) is 11.7. The van der Waals surface area contributed by atoms with Crippen LogP contribution in [0.5, 0.6) is 0 Å². The maximum Gasteiger partial charge on any atom is 0.326 e. The number of halogens is 3. The van der Waals surface area contributed by atoms with Gasteiger partial charge >= 0.3 is 5.97 Å². The van der Waals surface area contributed by atoms with E-state index in [2.05, 4.69) is 21.2 Å². The molecule has 0 heterocycles. The largest absolute Gasteiger partial charge is 0.480 e. The molecule has 126 valence electrons. The lowest BCUT2D eigenvalue weighted by atomic mass is 10.1. The van der Waals surface area contributed by atoms with Gasteiger partial charge in [-0.15, -0.1) is 0 Å². The zero-order chi connectivity index (χ0) is 17.7. The summed E-state index contributed by atoms with van der Waals surface area (Å²) in [7, 11) is 0. The number of nitrogens with zero attached hydrogens (tertiary/aromatic N) is 1. The molecule has 1 aromatic rings. The summed E-state index contributed by atoms with van der Waals surface area (Å²) in [5.41, 5.74) is -0.208. The van der Waals surface area contributed by atoms with Crippen LogP contribution in [0.15, 0.2) is 16.6 Å². The lowest BCUT2D eigenvalue weighted by Gasteiger charge is -2.27. The molecular weight excluding hydrogens is 378 g/mol. The zero-order valence-corrected chi connectivity index (χ0v) is 14.0. The van der Waals surface area contributed by atoms with Crippen LogP contribution in [0.4, 0.5) is 8.78 Å². The van der Waals surface area contributed by atoms with Gasteiger partial charge in [-0.3, -0.25) is 9.59 Å². The minimum Gasteiger partial charge on any atom is -0.480 e. The minimum absolute atomic E-state index is 0.00326. The highest BCUT2D eigenvalue weighted by Gasteiger charge is 2.28. The molecule has 2 N–H and O–H groups in total. The summed E-state index contributed by atoms with van der Waals surface area (Å²) >= 11 is 2.96. The molecule has 2 amide bonds. The molecule has 1 unspecified atom stereocenters. The van der Waals surface area contributed by atoms with Crippen LogP contribution in [0.1, 0.15) is 24.2 Å². The van der Waals surface area contributed by atoms with Gasteiger partial charge in [0.15, 0.2) is 11.6 Å². The molecule has 23 heavy (non-hydrogen) atoms. The fourth-order valence-electron chi connectivity index (χ4n) is 1.80. The number of nitrogens with one attached hydrogen (secondary N) is 1. The van der Waals surface area contributed by atoms with Gasteiger partial charge in [0.1, 0.15) is 6.04 Å². The molecule has 6 nitrogen and oxygen atoms in total. The number of rotatable bonds is 6. The van der Waals surface area contributed by atoms with Gasteiger partial charge in [-0.2, -0.15) is 0 Å². The first-order valence-corrected chi connectivity index (χ1v) is 7.37. The van der Waals surface area contributed by atoms with Crippen LogP contribution in [0.3, 0.4) is 0 Å². The lowest BCUT2D eigenvalue weighted by Crippen LogP contribution is -2.46. The summed E-state index contributed by atoms with van der Waals surface area (Å²) < 4.78 is 26.5. The van der Waals surface area contributed by atoms with Crippen molar-refractivity contribution in [2.24, 2.45) is 0 Å². The number of carbonyl (C=O) groups excluding carboxylic acids is 2. The standard InChI is InChI=1S/C14H15BrF2N2O4/c1-7(14(22)23)19(4-3-18-8(2)20)13(21)9-5-11(16)12(17)6-10(9)15/h5-7H,3-4H2,1-2H3,(H,18,20)(H,22,23).